The molecule has 1 saturated carbocycles. The number of hydrogen-bond acceptors (Lipinski definition) is 3. The number of rotatable bonds is 2. The molecule has 1 fully saturated rings. The van der Waals surface area contributed by atoms with Gasteiger partial charge >= 0.3 is 0 Å². The van der Waals surface area contributed by atoms with E-state index in [0.717, 1.165) is 12.8 Å². The van der Waals surface area contributed by atoms with Crippen molar-refractivity contribution in [1.82, 2.24) is 0 Å². The minimum absolute atomic E-state index is 0.142. The molecule has 0 amide bonds. The van der Waals surface area contributed by atoms with Gasteiger partial charge in [0.25, 0.3) is 0 Å². The molecule has 0 radical (unpaired) electrons. The molecule has 0 heterocycles. The number of nitrogen functional groups attached to an aromatic ring is 1. The zero-order valence-corrected chi connectivity index (χ0v) is 7.92. The van der Waals surface area contributed by atoms with Gasteiger partial charge in [0.1, 0.15) is 0 Å². The SMILES string of the molecule is Nc1ccc(S(=O)(=O)C2CC2)cc1. The van der Waals surface area contributed by atoms with E-state index in [-0.39, 0.29) is 5.25 Å². The lowest BCUT2D eigenvalue weighted by Crippen LogP contribution is -2.06. The predicted molar refractivity (Wildman–Crippen MR) is 51.1 cm³/mol. The van der Waals surface area contributed by atoms with Gasteiger partial charge in [0, 0.05) is 5.69 Å². The molecule has 4 heteroatoms. The van der Waals surface area contributed by atoms with Gasteiger partial charge in [-0.25, -0.2) is 8.42 Å². The Bertz CT molecular complexity index is 404. The zero-order valence-electron chi connectivity index (χ0n) is 7.10. The molecule has 0 unspecified atom stereocenters. The van der Waals surface area contributed by atoms with Crippen molar-refractivity contribution in [2.24, 2.45) is 0 Å². The van der Waals surface area contributed by atoms with Crippen LogP contribution in [0.5, 0.6) is 0 Å². The van der Waals surface area contributed by atoms with Crippen LogP contribution in [-0.4, -0.2) is 13.7 Å². The van der Waals surface area contributed by atoms with Crippen LogP contribution in [0.15, 0.2) is 29.2 Å². The Morgan fingerprint density at radius 3 is 2.15 bits per heavy atom. The molecule has 0 atom stereocenters. The van der Waals surface area contributed by atoms with E-state index in [2.05, 4.69) is 0 Å². The molecule has 1 aliphatic rings. The topological polar surface area (TPSA) is 60.2 Å². The number of anilines is 1. The number of benzene rings is 1. The van der Waals surface area contributed by atoms with Gasteiger partial charge in [-0.3, -0.25) is 0 Å². The molecule has 1 aromatic rings. The molecule has 0 bridgehead atoms. The Morgan fingerprint density at radius 1 is 1.15 bits per heavy atom. The van der Waals surface area contributed by atoms with E-state index in [1.54, 1.807) is 24.3 Å². The van der Waals surface area contributed by atoms with Gasteiger partial charge < -0.3 is 5.73 Å². The van der Waals surface area contributed by atoms with Gasteiger partial charge in [0.2, 0.25) is 0 Å². The first-order chi connectivity index (χ1) is 6.10. The fourth-order valence-corrected chi connectivity index (χ4v) is 2.89. The van der Waals surface area contributed by atoms with Gasteiger partial charge in [-0.2, -0.15) is 0 Å². The first-order valence-corrected chi connectivity index (χ1v) is 5.75. The molecule has 2 rings (SSSR count). The van der Waals surface area contributed by atoms with E-state index in [9.17, 15) is 8.42 Å². The van der Waals surface area contributed by atoms with Crippen LogP contribution in [-0.2, 0) is 9.84 Å². The average molecular weight is 197 g/mol. The van der Waals surface area contributed by atoms with Crippen LogP contribution in [0.4, 0.5) is 5.69 Å². The largest absolute Gasteiger partial charge is 0.399 e. The van der Waals surface area contributed by atoms with Crippen LogP contribution in [0.2, 0.25) is 0 Å². The lowest BCUT2D eigenvalue weighted by atomic mass is 10.3. The number of sulfone groups is 1. The third-order valence-electron chi connectivity index (χ3n) is 2.17. The fourth-order valence-electron chi connectivity index (χ4n) is 1.23. The molecule has 3 nitrogen and oxygen atoms in total. The average Bonchev–Trinajstić information content (AvgIpc) is 2.87. The second kappa shape index (κ2) is 2.73. The highest BCUT2D eigenvalue weighted by molar-refractivity contribution is 7.92. The van der Waals surface area contributed by atoms with E-state index < -0.39 is 9.84 Å². The van der Waals surface area contributed by atoms with E-state index >= 15 is 0 Å². The van der Waals surface area contributed by atoms with Crippen LogP contribution in [0.25, 0.3) is 0 Å². The number of hydrogen-bond donors (Lipinski definition) is 1. The lowest BCUT2D eigenvalue weighted by molar-refractivity contribution is 0.595. The van der Waals surface area contributed by atoms with E-state index in [4.69, 9.17) is 5.73 Å². The maximum Gasteiger partial charge on any atom is 0.181 e. The Balaban J connectivity index is 2.40. The normalized spacial score (nSPS) is 17.2. The molecule has 1 aliphatic carbocycles. The van der Waals surface area contributed by atoms with Crippen LogP contribution in [0.3, 0.4) is 0 Å². The molecule has 70 valence electrons. The summed E-state index contributed by atoms with van der Waals surface area (Å²) in [7, 11) is -3.04. The highest BCUT2D eigenvalue weighted by Crippen LogP contribution is 2.33. The van der Waals surface area contributed by atoms with Crippen molar-refractivity contribution < 1.29 is 8.42 Å². The van der Waals surface area contributed by atoms with Crippen LogP contribution >= 0.6 is 0 Å². The predicted octanol–water partition coefficient (Wildman–Crippen LogP) is 1.20. The summed E-state index contributed by atoms with van der Waals surface area (Å²) >= 11 is 0. The second-order valence-corrected chi connectivity index (χ2v) is 5.54. The molecular formula is C9H11NO2S. The molecule has 0 spiro atoms. The molecule has 0 saturated heterocycles. The summed E-state index contributed by atoms with van der Waals surface area (Å²) in [6, 6.07) is 6.39. The monoisotopic (exact) mass is 197 g/mol. The van der Waals surface area contributed by atoms with E-state index in [0.29, 0.717) is 10.6 Å². The maximum absolute atomic E-state index is 11.7. The lowest BCUT2D eigenvalue weighted by Gasteiger charge is -2.01. The Hall–Kier alpha value is -1.03. The molecule has 2 N–H and O–H groups in total. The van der Waals surface area contributed by atoms with Crippen LogP contribution in [0.1, 0.15) is 12.8 Å². The minimum atomic E-state index is -3.04. The summed E-state index contributed by atoms with van der Waals surface area (Å²) < 4.78 is 23.3. The van der Waals surface area contributed by atoms with Crippen molar-refractivity contribution in [2.75, 3.05) is 5.73 Å². The van der Waals surface area contributed by atoms with Gasteiger partial charge in [0.15, 0.2) is 9.84 Å². The summed E-state index contributed by atoms with van der Waals surface area (Å²) in [6.45, 7) is 0. The third kappa shape index (κ3) is 1.54. The standard InChI is InChI=1S/C9H11NO2S/c10-7-1-3-8(4-2-7)13(11,12)9-5-6-9/h1-4,9H,5-6,10H2. The zero-order chi connectivity index (χ0) is 9.47. The summed E-state index contributed by atoms with van der Waals surface area (Å²) in [5.74, 6) is 0. The summed E-state index contributed by atoms with van der Waals surface area (Å²) in [6.07, 6.45) is 1.60. The van der Waals surface area contributed by atoms with Crippen molar-refractivity contribution in [3.63, 3.8) is 0 Å². The first-order valence-electron chi connectivity index (χ1n) is 4.20. The van der Waals surface area contributed by atoms with Crippen molar-refractivity contribution in [2.45, 2.75) is 23.0 Å². The first kappa shape index (κ1) is 8.56. The summed E-state index contributed by atoms with van der Waals surface area (Å²) in [5.41, 5.74) is 6.06. The van der Waals surface area contributed by atoms with Crippen molar-refractivity contribution >= 4 is 15.5 Å². The van der Waals surface area contributed by atoms with Crippen molar-refractivity contribution in [1.29, 1.82) is 0 Å². The molecule has 0 aliphatic heterocycles. The summed E-state index contributed by atoms with van der Waals surface area (Å²) in [4.78, 5) is 0.393. The smallest absolute Gasteiger partial charge is 0.181 e. The van der Waals surface area contributed by atoms with Crippen LogP contribution < -0.4 is 5.73 Å². The van der Waals surface area contributed by atoms with Gasteiger partial charge in [-0.1, -0.05) is 0 Å². The quantitative estimate of drug-likeness (QED) is 0.725. The number of nitrogens with two attached hydrogens (primary N) is 1. The highest BCUT2D eigenvalue weighted by atomic mass is 32.2. The van der Waals surface area contributed by atoms with E-state index in [1.807, 2.05) is 0 Å². The molecule has 0 aromatic heterocycles. The van der Waals surface area contributed by atoms with E-state index in [1.165, 1.54) is 0 Å². The second-order valence-electron chi connectivity index (χ2n) is 3.31. The molecule has 13 heavy (non-hydrogen) atoms. The van der Waals surface area contributed by atoms with Gasteiger partial charge in [-0.15, -0.1) is 0 Å². The van der Waals surface area contributed by atoms with Gasteiger partial charge in [0.05, 0.1) is 10.1 Å². The minimum Gasteiger partial charge on any atom is -0.399 e. The fraction of sp³-hybridized carbons (Fsp3) is 0.333. The Kier molecular flexibility index (Phi) is 1.80. The maximum atomic E-state index is 11.7. The molecular weight excluding hydrogens is 186 g/mol. The Morgan fingerprint density at radius 2 is 1.69 bits per heavy atom. The Labute approximate surface area is 77.5 Å². The summed E-state index contributed by atoms with van der Waals surface area (Å²) in [5, 5.41) is -0.142. The highest BCUT2D eigenvalue weighted by Gasteiger charge is 2.36. The van der Waals surface area contributed by atoms with Gasteiger partial charge in [-0.05, 0) is 37.1 Å². The molecule has 1 aromatic carbocycles. The third-order valence-corrected chi connectivity index (χ3v) is 4.45. The van der Waals surface area contributed by atoms with Crippen LogP contribution in [0, 0.1) is 0 Å². The van der Waals surface area contributed by atoms with Crippen molar-refractivity contribution in [3.05, 3.63) is 24.3 Å². The van der Waals surface area contributed by atoms with Crippen molar-refractivity contribution in [3.8, 4) is 0 Å².